The first-order valence-corrected chi connectivity index (χ1v) is 5.43. The van der Waals surface area contributed by atoms with Gasteiger partial charge in [0.1, 0.15) is 0 Å². The van der Waals surface area contributed by atoms with E-state index in [0.717, 1.165) is 6.42 Å². The van der Waals surface area contributed by atoms with Gasteiger partial charge in [-0.1, -0.05) is 0 Å². The molecule has 1 saturated heterocycles. The second-order valence-electron chi connectivity index (χ2n) is 3.81. The number of nitrogens with zero attached hydrogens (tertiary/aromatic N) is 1. The van der Waals surface area contributed by atoms with Gasteiger partial charge in [-0.25, -0.2) is 9.37 Å². The lowest BCUT2D eigenvalue weighted by Gasteiger charge is -2.11. The minimum atomic E-state index is -0.633. The third-order valence-corrected chi connectivity index (χ3v) is 2.64. The van der Waals surface area contributed by atoms with Crippen LogP contribution in [0.4, 0.5) is 10.2 Å². The highest BCUT2D eigenvalue weighted by Gasteiger charge is 2.21. The summed E-state index contributed by atoms with van der Waals surface area (Å²) in [6.45, 7) is 1.11. The van der Waals surface area contributed by atoms with Crippen molar-refractivity contribution in [2.45, 2.75) is 12.5 Å². The Balaban J connectivity index is 2.12. The molecule has 0 aromatic carbocycles. The van der Waals surface area contributed by atoms with Gasteiger partial charge in [-0.05, 0) is 12.5 Å². The van der Waals surface area contributed by atoms with E-state index in [1.54, 1.807) is 7.05 Å². The van der Waals surface area contributed by atoms with Crippen molar-refractivity contribution in [1.82, 2.24) is 10.3 Å². The van der Waals surface area contributed by atoms with Crippen LogP contribution in [0.2, 0.25) is 0 Å². The predicted octanol–water partition coefficient (Wildman–Crippen LogP) is 0.781. The van der Waals surface area contributed by atoms with Gasteiger partial charge in [0.05, 0.1) is 18.2 Å². The van der Waals surface area contributed by atoms with Crippen molar-refractivity contribution in [3.05, 3.63) is 23.6 Å². The maximum Gasteiger partial charge on any atom is 0.254 e. The predicted molar refractivity (Wildman–Crippen MR) is 60.4 cm³/mol. The average Bonchev–Trinajstić information content (AvgIpc) is 2.82. The summed E-state index contributed by atoms with van der Waals surface area (Å²) in [5, 5.41) is 5.32. The van der Waals surface area contributed by atoms with Crippen molar-refractivity contribution in [3.8, 4) is 0 Å². The van der Waals surface area contributed by atoms with E-state index in [1.807, 2.05) is 0 Å². The van der Waals surface area contributed by atoms with Crippen LogP contribution in [-0.2, 0) is 4.74 Å². The summed E-state index contributed by atoms with van der Waals surface area (Å²) < 4.78 is 18.9. The van der Waals surface area contributed by atoms with Crippen LogP contribution >= 0.6 is 0 Å². The topological polar surface area (TPSA) is 63.2 Å². The summed E-state index contributed by atoms with van der Waals surface area (Å²) in [5.41, 5.74) is -0.00347. The smallest absolute Gasteiger partial charge is 0.254 e. The summed E-state index contributed by atoms with van der Waals surface area (Å²) in [4.78, 5) is 15.6. The Morgan fingerprint density at radius 2 is 2.47 bits per heavy atom. The van der Waals surface area contributed by atoms with Crippen LogP contribution in [0.3, 0.4) is 0 Å². The molecule has 2 rings (SSSR count). The number of hydrogen-bond donors (Lipinski definition) is 2. The van der Waals surface area contributed by atoms with Crippen LogP contribution in [0, 0.1) is 5.82 Å². The molecule has 1 aliphatic rings. The highest BCUT2D eigenvalue weighted by Crippen LogP contribution is 2.15. The van der Waals surface area contributed by atoms with Crippen molar-refractivity contribution in [1.29, 1.82) is 0 Å². The molecule has 1 unspecified atom stereocenters. The second kappa shape index (κ2) is 5.09. The number of carbonyl (C=O) groups is 1. The molecule has 2 N–H and O–H groups in total. The number of rotatable bonds is 3. The zero-order valence-electron chi connectivity index (χ0n) is 9.50. The third kappa shape index (κ3) is 2.52. The molecule has 0 saturated carbocycles. The standard InChI is InChI=1S/C11H14FN3O2/c1-13-10-9(12)8(2-4-14-10)11(16)15-7-3-5-17-6-7/h2,4,7H,3,5-6H2,1H3,(H,13,14)(H,15,16). The monoisotopic (exact) mass is 239 g/mol. The van der Waals surface area contributed by atoms with E-state index in [-0.39, 0.29) is 17.4 Å². The summed E-state index contributed by atoms with van der Waals surface area (Å²) >= 11 is 0. The molecule has 6 heteroatoms. The van der Waals surface area contributed by atoms with E-state index in [4.69, 9.17) is 4.74 Å². The number of anilines is 1. The lowest BCUT2D eigenvalue weighted by molar-refractivity contribution is 0.0926. The van der Waals surface area contributed by atoms with E-state index in [9.17, 15) is 9.18 Å². The summed E-state index contributed by atoms with van der Waals surface area (Å²) in [6.07, 6.45) is 2.16. The van der Waals surface area contributed by atoms with Crippen LogP contribution in [-0.4, -0.2) is 37.2 Å². The molecule has 0 bridgehead atoms. The highest BCUT2D eigenvalue weighted by molar-refractivity contribution is 5.95. The maximum atomic E-state index is 13.8. The van der Waals surface area contributed by atoms with E-state index in [2.05, 4.69) is 15.6 Å². The third-order valence-electron chi connectivity index (χ3n) is 2.64. The fourth-order valence-electron chi connectivity index (χ4n) is 1.70. The molecule has 0 radical (unpaired) electrons. The summed E-state index contributed by atoms with van der Waals surface area (Å²) in [5.74, 6) is -0.997. The van der Waals surface area contributed by atoms with Gasteiger partial charge in [0.25, 0.3) is 5.91 Å². The number of pyridine rings is 1. The van der Waals surface area contributed by atoms with Crippen molar-refractivity contribution < 1.29 is 13.9 Å². The molecule has 0 aliphatic carbocycles. The number of hydrogen-bond acceptors (Lipinski definition) is 4. The minimum Gasteiger partial charge on any atom is -0.379 e. The molecule has 5 nitrogen and oxygen atoms in total. The molecule has 1 aromatic rings. The van der Waals surface area contributed by atoms with Gasteiger partial charge in [0.15, 0.2) is 11.6 Å². The number of halogens is 1. The molecule has 1 aromatic heterocycles. The maximum absolute atomic E-state index is 13.8. The highest BCUT2D eigenvalue weighted by atomic mass is 19.1. The Morgan fingerprint density at radius 1 is 1.65 bits per heavy atom. The Bertz CT molecular complexity index is 419. The first-order valence-electron chi connectivity index (χ1n) is 5.43. The zero-order chi connectivity index (χ0) is 12.3. The zero-order valence-corrected chi connectivity index (χ0v) is 9.50. The van der Waals surface area contributed by atoms with Gasteiger partial charge in [-0.3, -0.25) is 4.79 Å². The number of nitrogens with one attached hydrogen (secondary N) is 2. The van der Waals surface area contributed by atoms with Gasteiger partial charge in [-0.15, -0.1) is 0 Å². The number of carbonyl (C=O) groups excluding carboxylic acids is 1. The fraction of sp³-hybridized carbons (Fsp3) is 0.455. The molecule has 1 aliphatic heterocycles. The molecule has 17 heavy (non-hydrogen) atoms. The fourth-order valence-corrected chi connectivity index (χ4v) is 1.70. The van der Waals surface area contributed by atoms with Gasteiger partial charge < -0.3 is 15.4 Å². The van der Waals surface area contributed by atoms with Gasteiger partial charge in [-0.2, -0.15) is 0 Å². The first-order chi connectivity index (χ1) is 8.22. The quantitative estimate of drug-likeness (QED) is 0.818. The summed E-state index contributed by atoms with van der Waals surface area (Å²) in [7, 11) is 1.55. The minimum absolute atomic E-state index is 0.00347. The van der Waals surface area contributed by atoms with Crippen molar-refractivity contribution >= 4 is 11.7 Å². The van der Waals surface area contributed by atoms with Crippen molar-refractivity contribution in [3.63, 3.8) is 0 Å². The average molecular weight is 239 g/mol. The largest absolute Gasteiger partial charge is 0.379 e. The van der Waals surface area contributed by atoms with Gasteiger partial charge in [0.2, 0.25) is 0 Å². The molecule has 2 heterocycles. The van der Waals surface area contributed by atoms with Gasteiger partial charge in [0, 0.05) is 19.9 Å². The molecule has 92 valence electrons. The van der Waals surface area contributed by atoms with Crippen molar-refractivity contribution in [2.24, 2.45) is 0 Å². The molecular formula is C11H14FN3O2. The lowest BCUT2D eigenvalue weighted by Crippen LogP contribution is -2.35. The van der Waals surface area contributed by atoms with E-state index >= 15 is 0 Å². The summed E-state index contributed by atoms with van der Waals surface area (Å²) in [6, 6.07) is 1.33. The number of ether oxygens (including phenoxy) is 1. The Morgan fingerprint density at radius 3 is 3.12 bits per heavy atom. The van der Waals surface area contributed by atoms with E-state index in [1.165, 1.54) is 12.3 Å². The molecule has 1 atom stereocenters. The van der Waals surface area contributed by atoms with E-state index < -0.39 is 11.7 Å². The van der Waals surface area contributed by atoms with Crippen LogP contribution in [0.25, 0.3) is 0 Å². The molecule has 1 fully saturated rings. The van der Waals surface area contributed by atoms with Crippen LogP contribution in [0.15, 0.2) is 12.3 Å². The van der Waals surface area contributed by atoms with Crippen LogP contribution < -0.4 is 10.6 Å². The normalized spacial score (nSPS) is 19.1. The van der Waals surface area contributed by atoms with Crippen LogP contribution in [0.5, 0.6) is 0 Å². The Hall–Kier alpha value is -1.69. The Kier molecular flexibility index (Phi) is 3.53. The SMILES string of the molecule is CNc1nccc(C(=O)NC2CCOC2)c1F. The van der Waals surface area contributed by atoms with Crippen molar-refractivity contribution in [2.75, 3.05) is 25.6 Å². The molecular weight excluding hydrogens is 225 g/mol. The number of aromatic nitrogens is 1. The van der Waals surface area contributed by atoms with Crippen LogP contribution in [0.1, 0.15) is 16.8 Å². The van der Waals surface area contributed by atoms with E-state index in [0.29, 0.717) is 13.2 Å². The molecule has 0 spiro atoms. The Labute approximate surface area is 98.4 Å². The second-order valence-corrected chi connectivity index (χ2v) is 3.81. The molecule has 1 amide bonds. The lowest BCUT2D eigenvalue weighted by atomic mass is 10.2. The number of amides is 1. The first kappa shape index (κ1) is 11.8. The van der Waals surface area contributed by atoms with Gasteiger partial charge >= 0.3 is 0 Å².